The Balaban J connectivity index is 1.31. The molecule has 0 saturated carbocycles. The Morgan fingerprint density at radius 1 is 1.06 bits per heavy atom. The van der Waals surface area contributed by atoms with Gasteiger partial charge in [-0.25, -0.2) is 9.98 Å². The first-order chi connectivity index (χ1) is 15.7. The Morgan fingerprint density at radius 3 is 2.81 bits per heavy atom. The third-order valence-corrected chi connectivity index (χ3v) is 6.55. The fourth-order valence-corrected chi connectivity index (χ4v) is 4.68. The Bertz CT molecular complexity index is 1270. The highest BCUT2D eigenvalue weighted by Crippen LogP contribution is 2.33. The van der Waals surface area contributed by atoms with E-state index in [1.165, 1.54) is 5.69 Å². The van der Waals surface area contributed by atoms with Crippen LogP contribution in [-0.4, -0.2) is 83.5 Å². The minimum Gasteiger partial charge on any atom is -0.369 e. The molecule has 162 valence electrons. The maximum absolute atomic E-state index is 13.1. The van der Waals surface area contributed by atoms with Crippen LogP contribution < -0.4 is 4.90 Å². The zero-order valence-electron chi connectivity index (χ0n) is 18.1. The molecular formula is C24H25N7O. The number of benzene rings is 2. The number of ketones is 1. The van der Waals surface area contributed by atoms with Crippen molar-refractivity contribution in [3.63, 3.8) is 0 Å². The largest absolute Gasteiger partial charge is 0.369 e. The topological polar surface area (TPSA) is 80.2 Å². The number of anilines is 1. The predicted molar refractivity (Wildman–Crippen MR) is 126 cm³/mol. The average Bonchev–Trinajstić information content (AvgIpc) is 3.48. The molecule has 3 aliphatic heterocycles. The molecule has 4 heterocycles. The number of carbonyl (C=O) groups is 1. The van der Waals surface area contributed by atoms with Crippen molar-refractivity contribution in [1.82, 2.24) is 19.8 Å². The Morgan fingerprint density at radius 2 is 1.94 bits per heavy atom. The summed E-state index contributed by atoms with van der Waals surface area (Å²) >= 11 is 0. The van der Waals surface area contributed by atoms with Crippen molar-refractivity contribution in [2.24, 2.45) is 9.98 Å². The van der Waals surface area contributed by atoms with Gasteiger partial charge < -0.3 is 19.7 Å². The lowest BCUT2D eigenvalue weighted by molar-refractivity contribution is 0.0998. The second-order valence-corrected chi connectivity index (χ2v) is 8.61. The first kappa shape index (κ1) is 19.2. The highest BCUT2D eigenvalue weighted by atomic mass is 16.1. The Hall–Kier alpha value is -3.52. The van der Waals surface area contributed by atoms with Crippen LogP contribution in [0.5, 0.6) is 0 Å². The van der Waals surface area contributed by atoms with Crippen LogP contribution in [0.4, 0.5) is 11.4 Å². The molecule has 1 saturated heterocycles. The molecule has 0 aliphatic carbocycles. The summed E-state index contributed by atoms with van der Waals surface area (Å²) in [5.74, 6) is 1.76. The fraction of sp³-hybridized carbons (Fsp3) is 0.333. The number of nitrogens with zero attached hydrogens (tertiary/aromatic N) is 6. The molecule has 0 amide bonds. The van der Waals surface area contributed by atoms with E-state index in [-0.39, 0.29) is 12.2 Å². The van der Waals surface area contributed by atoms with Crippen LogP contribution in [0, 0.1) is 0 Å². The van der Waals surface area contributed by atoms with E-state index in [1.54, 1.807) is 6.33 Å². The van der Waals surface area contributed by atoms with Gasteiger partial charge in [0.05, 0.1) is 36.0 Å². The number of aliphatic imine (C=N–C) groups is 2. The molecule has 32 heavy (non-hydrogen) atoms. The van der Waals surface area contributed by atoms with Crippen molar-refractivity contribution in [1.29, 1.82) is 0 Å². The average molecular weight is 428 g/mol. The summed E-state index contributed by atoms with van der Waals surface area (Å²) in [7, 11) is 2.16. The van der Waals surface area contributed by atoms with Gasteiger partial charge in [-0.15, -0.1) is 0 Å². The van der Waals surface area contributed by atoms with E-state index in [1.807, 2.05) is 18.2 Å². The van der Waals surface area contributed by atoms with Crippen molar-refractivity contribution < 1.29 is 4.79 Å². The number of aromatic amines is 1. The Kier molecular flexibility index (Phi) is 4.53. The van der Waals surface area contributed by atoms with Crippen molar-refractivity contribution in [3.8, 4) is 0 Å². The van der Waals surface area contributed by atoms with Gasteiger partial charge in [0.2, 0.25) is 0 Å². The number of fused-ring (bicyclic) bond motifs is 4. The molecule has 8 heteroatoms. The molecule has 1 fully saturated rings. The summed E-state index contributed by atoms with van der Waals surface area (Å²) in [4.78, 5) is 37.0. The molecule has 2 aromatic carbocycles. The number of hydrogen-bond acceptors (Lipinski definition) is 7. The van der Waals surface area contributed by atoms with E-state index in [2.05, 4.69) is 49.9 Å². The zero-order chi connectivity index (χ0) is 21.7. The van der Waals surface area contributed by atoms with Gasteiger partial charge in [0, 0.05) is 49.5 Å². The molecule has 3 aromatic rings. The van der Waals surface area contributed by atoms with Gasteiger partial charge in [0.25, 0.3) is 0 Å². The first-order valence-electron chi connectivity index (χ1n) is 11.1. The molecule has 0 radical (unpaired) electrons. The molecule has 3 aliphatic rings. The fourth-order valence-electron chi connectivity index (χ4n) is 4.68. The standard InChI is InChI=1S/C24H25N7O/c1-29-8-10-30(11-9-29)17-3-4-18-20(13-17)28-23(31-7-6-25-24(18)31)14-22(32)16-2-5-19-21(12-16)27-15-26-19/h2-5,12-13,15H,6-11,14H2,1H3,(H,26,27). The molecule has 0 bridgehead atoms. The number of hydrogen-bond donors (Lipinski definition) is 1. The number of carbonyl (C=O) groups excluding carboxylic acids is 1. The highest BCUT2D eigenvalue weighted by Gasteiger charge is 2.31. The van der Waals surface area contributed by atoms with Crippen LogP contribution in [0.25, 0.3) is 11.0 Å². The lowest BCUT2D eigenvalue weighted by Gasteiger charge is -2.35. The lowest BCUT2D eigenvalue weighted by Crippen LogP contribution is -2.44. The van der Waals surface area contributed by atoms with Gasteiger partial charge in [-0.3, -0.25) is 9.79 Å². The normalized spacial score (nSPS) is 18.4. The Labute approximate surface area is 186 Å². The molecule has 6 rings (SSSR count). The number of imidazole rings is 1. The SMILES string of the molecule is CN1CCN(c2ccc3c(c2)N=C(CC(=O)c2ccc4nc[nH]c4c2)N2CCN=C32)CC1. The van der Waals surface area contributed by atoms with Crippen molar-refractivity contribution in [3.05, 3.63) is 53.9 Å². The number of likely N-dealkylation sites (N-methyl/N-ethyl adjacent to an activating group) is 1. The summed E-state index contributed by atoms with van der Waals surface area (Å²) in [6, 6.07) is 12.0. The summed E-state index contributed by atoms with van der Waals surface area (Å²) in [6.45, 7) is 5.62. The molecule has 0 spiro atoms. The molecule has 0 atom stereocenters. The van der Waals surface area contributed by atoms with Crippen LogP contribution in [0.1, 0.15) is 22.3 Å². The highest BCUT2D eigenvalue weighted by molar-refractivity contribution is 6.21. The second-order valence-electron chi connectivity index (χ2n) is 8.61. The number of aromatic nitrogens is 2. The van der Waals surface area contributed by atoms with Gasteiger partial charge in [-0.05, 0) is 43.4 Å². The quantitative estimate of drug-likeness (QED) is 0.648. The van der Waals surface area contributed by atoms with Crippen molar-refractivity contribution >= 4 is 39.9 Å². The van der Waals surface area contributed by atoms with E-state index in [0.29, 0.717) is 5.56 Å². The molecule has 8 nitrogen and oxygen atoms in total. The van der Waals surface area contributed by atoms with Gasteiger partial charge in [0.1, 0.15) is 11.7 Å². The molecular weight excluding hydrogens is 402 g/mol. The van der Waals surface area contributed by atoms with Crippen LogP contribution in [0.15, 0.2) is 52.7 Å². The summed E-state index contributed by atoms with van der Waals surface area (Å²) < 4.78 is 0. The third kappa shape index (κ3) is 3.27. The van der Waals surface area contributed by atoms with Crippen molar-refractivity contribution in [2.45, 2.75) is 6.42 Å². The van der Waals surface area contributed by atoms with E-state index in [0.717, 1.165) is 73.2 Å². The number of H-pyrrole nitrogens is 1. The van der Waals surface area contributed by atoms with Gasteiger partial charge in [0.15, 0.2) is 5.78 Å². The smallest absolute Gasteiger partial charge is 0.170 e. The van der Waals surface area contributed by atoms with E-state index in [9.17, 15) is 4.79 Å². The van der Waals surface area contributed by atoms with Crippen LogP contribution in [0.2, 0.25) is 0 Å². The van der Waals surface area contributed by atoms with Gasteiger partial charge >= 0.3 is 0 Å². The maximum atomic E-state index is 13.1. The number of Topliss-reactive ketones (excluding diaryl/α,β-unsaturated/α-hetero) is 1. The summed E-state index contributed by atoms with van der Waals surface area (Å²) in [6.07, 6.45) is 1.89. The van der Waals surface area contributed by atoms with E-state index >= 15 is 0 Å². The summed E-state index contributed by atoms with van der Waals surface area (Å²) in [5.41, 5.74) is 5.53. The van der Waals surface area contributed by atoms with Gasteiger partial charge in [-0.1, -0.05) is 0 Å². The van der Waals surface area contributed by atoms with Crippen molar-refractivity contribution in [2.75, 3.05) is 51.2 Å². The number of amidine groups is 2. The van der Waals surface area contributed by atoms with Gasteiger partial charge in [-0.2, -0.15) is 0 Å². The second kappa shape index (κ2) is 7.56. The molecule has 1 aromatic heterocycles. The number of nitrogens with one attached hydrogen (secondary N) is 1. The minimum atomic E-state index is 0.0465. The van der Waals surface area contributed by atoms with Crippen LogP contribution in [0.3, 0.4) is 0 Å². The van der Waals surface area contributed by atoms with Crippen LogP contribution in [-0.2, 0) is 0 Å². The van der Waals surface area contributed by atoms with E-state index in [4.69, 9.17) is 9.98 Å². The predicted octanol–water partition coefficient (Wildman–Crippen LogP) is 2.69. The van der Waals surface area contributed by atoms with Crippen LogP contribution >= 0.6 is 0 Å². The molecule has 0 unspecified atom stereocenters. The number of piperazine rings is 1. The third-order valence-electron chi connectivity index (χ3n) is 6.55. The monoisotopic (exact) mass is 427 g/mol. The lowest BCUT2D eigenvalue weighted by atomic mass is 10.0. The first-order valence-corrected chi connectivity index (χ1v) is 11.1. The van der Waals surface area contributed by atoms with E-state index < -0.39 is 0 Å². The minimum absolute atomic E-state index is 0.0465. The summed E-state index contributed by atoms with van der Waals surface area (Å²) in [5, 5.41) is 0. The molecule has 1 N–H and O–H groups in total. The number of rotatable bonds is 4. The zero-order valence-corrected chi connectivity index (χ0v) is 18.1. The maximum Gasteiger partial charge on any atom is 0.170 e.